The molecule has 118 valence electrons. The number of rotatable bonds is 6. The van der Waals surface area contributed by atoms with Gasteiger partial charge < -0.3 is 19.9 Å². The lowest BCUT2D eigenvalue weighted by Crippen LogP contribution is -2.02. The van der Waals surface area contributed by atoms with E-state index in [1.54, 1.807) is 6.07 Å². The number of ether oxygens (including phenoxy) is 1. The van der Waals surface area contributed by atoms with Gasteiger partial charge in [0, 0.05) is 11.8 Å². The van der Waals surface area contributed by atoms with E-state index in [0.717, 1.165) is 11.4 Å². The standard InChI is InChI=1S/C15H16N6O2/c1-3-22-12-6-4-11(5-7-12)17-15-19-14(9-16-20-15)18-13-8-10(2)23-21-13/h4-9H,3H2,1-2H3,(H2,17,18,19,20,21). The summed E-state index contributed by atoms with van der Waals surface area (Å²) in [4.78, 5) is 4.32. The van der Waals surface area contributed by atoms with Crippen molar-refractivity contribution in [2.75, 3.05) is 17.2 Å². The van der Waals surface area contributed by atoms with Crippen LogP contribution < -0.4 is 15.4 Å². The average Bonchev–Trinajstić information content (AvgIpc) is 2.95. The summed E-state index contributed by atoms with van der Waals surface area (Å²) in [5.41, 5.74) is 0.838. The monoisotopic (exact) mass is 312 g/mol. The number of hydrogen-bond acceptors (Lipinski definition) is 8. The maximum absolute atomic E-state index is 5.40. The van der Waals surface area contributed by atoms with Crippen LogP contribution in [0.25, 0.3) is 0 Å². The number of nitrogens with zero attached hydrogens (tertiary/aromatic N) is 4. The van der Waals surface area contributed by atoms with Gasteiger partial charge in [-0.2, -0.15) is 10.1 Å². The number of nitrogens with one attached hydrogen (secondary N) is 2. The first-order chi connectivity index (χ1) is 11.2. The van der Waals surface area contributed by atoms with Crippen LogP contribution in [0.4, 0.5) is 23.3 Å². The van der Waals surface area contributed by atoms with Gasteiger partial charge in [0.1, 0.15) is 11.5 Å². The van der Waals surface area contributed by atoms with E-state index in [0.29, 0.717) is 30.0 Å². The maximum atomic E-state index is 5.40. The van der Waals surface area contributed by atoms with Gasteiger partial charge in [-0.25, -0.2) is 0 Å². The molecule has 23 heavy (non-hydrogen) atoms. The summed E-state index contributed by atoms with van der Waals surface area (Å²) in [6.07, 6.45) is 1.51. The fourth-order valence-electron chi connectivity index (χ4n) is 1.90. The molecule has 0 atom stereocenters. The molecular formula is C15H16N6O2. The number of anilines is 4. The molecule has 0 bridgehead atoms. The van der Waals surface area contributed by atoms with Gasteiger partial charge >= 0.3 is 0 Å². The van der Waals surface area contributed by atoms with Crippen LogP contribution in [-0.4, -0.2) is 26.9 Å². The molecule has 0 radical (unpaired) electrons. The fourth-order valence-corrected chi connectivity index (χ4v) is 1.90. The van der Waals surface area contributed by atoms with Crippen molar-refractivity contribution in [1.82, 2.24) is 20.3 Å². The summed E-state index contributed by atoms with van der Waals surface area (Å²) in [5.74, 6) is 2.98. The van der Waals surface area contributed by atoms with Gasteiger partial charge in [0.2, 0.25) is 5.95 Å². The highest BCUT2D eigenvalue weighted by Crippen LogP contribution is 2.19. The molecule has 8 heteroatoms. The van der Waals surface area contributed by atoms with Gasteiger partial charge in [0.15, 0.2) is 11.6 Å². The highest BCUT2D eigenvalue weighted by molar-refractivity contribution is 5.57. The van der Waals surface area contributed by atoms with Crippen molar-refractivity contribution in [1.29, 1.82) is 0 Å². The minimum atomic E-state index is 0.374. The molecule has 0 spiro atoms. The zero-order valence-corrected chi connectivity index (χ0v) is 12.8. The van der Waals surface area contributed by atoms with Gasteiger partial charge in [-0.3, -0.25) is 0 Å². The van der Waals surface area contributed by atoms with E-state index in [-0.39, 0.29) is 0 Å². The van der Waals surface area contributed by atoms with E-state index in [2.05, 4.69) is 31.0 Å². The first kappa shape index (κ1) is 14.8. The second-order valence-corrected chi connectivity index (χ2v) is 4.70. The Balaban J connectivity index is 1.69. The van der Waals surface area contributed by atoms with Crippen molar-refractivity contribution in [2.45, 2.75) is 13.8 Å². The highest BCUT2D eigenvalue weighted by Gasteiger charge is 2.05. The number of aromatic nitrogens is 4. The molecule has 0 fully saturated rings. The topological polar surface area (TPSA) is 98.0 Å². The number of aryl methyl sites for hydroxylation is 1. The van der Waals surface area contributed by atoms with Crippen LogP contribution in [0.15, 0.2) is 41.1 Å². The van der Waals surface area contributed by atoms with Crippen molar-refractivity contribution in [2.24, 2.45) is 0 Å². The van der Waals surface area contributed by atoms with Crippen molar-refractivity contribution in [3.8, 4) is 5.75 Å². The molecule has 3 rings (SSSR count). The molecule has 0 unspecified atom stereocenters. The molecule has 0 saturated heterocycles. The van der Waals surface area contributed by atoms with E-state index in [4.69, 9.17) is 9.26 Å². The molecule has 1 aromatic carbocycles. The van der Waals surface area contributed by atoms with Crippen LogP contribution in [-0.2, 0) is 0 Å². The quantitative estimate of drug-likeness (QED) is 0.716. The zero-order valence-electron chi connectivity index (χ0n) is 12.8. The third kappa shape index (κ3) is 3.94. The van der Waals surface area contributed by atoms with Gasteiger partial charge in [-0.1, -0.05) is 5.16 Å². The summed E-state index contributed by atoms with van der Waals surface area (Å²) in [6.45, 7) is 4.39. The zero-order chi connectivity index (χ0) is 16.1. The number of benzene rings is 1. The predicted octanol–water partition coefficient (Wildman–Crippen LogP) is 3.05. The smallest absolute Gasteiger partial charge is 0.249 e. The lowest BCUT2D eigenvalue weighted by molar-refractivity contribution is 0.340. The maximum Gasteiger partial charge on any atom is 0.249 e. The average molecular weight is 312 g/mol. The van der Waals surface area contributed by atoms with Crippen LogP contribution in [0.1, 0.15) is 12.7 Å². The van der Waals surface area contributed by atoms with Crippen LogP contribution in [0.3, 0.4) is 0 Å². The Bertz CT molecular complexity index is 772. The molecule has 2 heterocycles. The van der Waals surface area contributed by atoms with Crippen molar-refractivity contribution in [3.63, 3.8) is 0 Å². The summed E-state index contributed by atoms with van der Waals surface area (Å²) in [6, 6.07) is 9.28. The first-order valence-corrected chi connectivity index (χ1v) is 7.13. The second kappa shape index (κ2) is 6.73. The van der Waals surface area contributed by atoms with E-state index in [1.165, 1.54) is 6.20 Å². The largest absolute Gasteiger partial charge is 0.494 e. The molecule has 0 aliphatic carbocycles. The molecule has 2 aromatic heterocycles. The highest BCUT2D eigenvalue weighted by atomic mass is 16.5. The molecule has 0 aliphatic rings. The summed E-state index contributed by atoms with van der Waals surface area (Å²) < 4.78 is 10.4. The van der Waals surface area contributed by atoms with Gasteiger partial charge in [-0.15, -0.1) is 5.10 Å². The summed E-state index contributed by atoms with van der Waals surface area (Å²) >= 11 is 0. The van der Waals surface area contributed by atoms with Gasteiger partial charge in [0.25, 0.3) is 0 Å². The Hall–Kier alpha value is -3.16. The molecule has 3 aromatic rings. The minimum Gasteiger partial charge on any atom is -0.494 e. The summed E-state index contributed by atoms with van der Waals surface area (Å²) in [7, 11) is 0. The van der Waals surface area contributed by atoms with Gasteiger partial charge in [-0.05, 0) is 38.1 Å². The Morgan fingerprint density at radius 1 is 1.13 bits per heavy atom. The molecule has 8 nitrogen and oxygen atoms in total. The van der Waals surface area contributed by atoms with E-state index >= 15 is 0 Å². The van der Waals surface area contributed by atoms with Crippen LogP contribution in [0.2, 0.25) is 0 Å². The SMILES string of the molecule is CCOc1ccc(Nc2nncc(Nc3cc(C)on3)n2)cc1. The molecule has 0 aliphatic heterocycles. The van der Waals surface area contributed by atoms with Crippen LogP contribution >= 0.6 is 0 Å². The first-order valence-electron chi connectivity index (χ1n) is 7.13. The fraction of sp³-hybridized carbons (Fsp3) is 0.200. The lowest BCUT2D eigenvalue weighted by Gasteiger charge is -2.07. The molecule has 2 N–H and O–H groups in total. The molecule has 0 amide bonds. The lowest BCUT2D eigenvalue weighted by atomic mass is 10.3. The van der Waals surface area contributed by atoms with Crippen molar-refractivity contribution in [3.05, 3.63) is 42.3 Å². The third-order valence-electron chi connectivity index (χ3n) is 2.86. The summed E-state index contributed by atoms with van der Waals surface area (Å²) in [5, 5.41) is 17.8. The van der Waals surface area contributed by atoms with Crippen LogP contribution in [0, 0.1) is 6.92 Å². The Labute approximate surface area is 132 Å². The van der Waals surface area contributed by atoms with Gasteiger partial charge in [0.05, 0.1) is 12.8 Å². The van der Waals surface area contributed by atoms with Crippen LogP contribution in [0.5, 0.6) is 5.75 Å². The Kier molecular flexibility index (Phi) is 4.32. The minimum absolute atomic E-state index is 0.374. The van der Waals surface area contributed by atoms with E-state index in [1.807, 2.05) is 38.1 Å². The number of hydrogen-bond donors (Lipinski definition) is 2. The normalized spacial score (nSPS) is 10.3. The third-order valence-corrected chi connectivity index (χ3v) is 2.86. The van der Waals surface area contributed by atoms with E-state index in [9.17, 15) is 0 Å². The Morgan fingerprint density at radius 3 is 2.65 bits per heavy atom. The van der Waals surface area contributed by atoms with Crippen molar-refractivity contribution < 1.29 is 9.26 Å². The molecular weight excluding hydrogens is 296 g/mol. The van der Waals surface area contributed by atoms with Crippen molar-refractivity contribution >= 4 is 23.3 Å². The predicted molar refractivity (Wildman–Crippen MR) is 85.2 cm³/mol. The Morgan fingerprint density at radius 2 is 1.96 bits per heavy atom. The molecule has 0 saturated carbocycles. The van der Waals surface area contributed by atoms with E-state index < -0.39 is 0 Å². The second-order valence-electron chi connectivity index (χ2n) is 4.70.